The van der Waals surface area contributed by atoms with Crippen LogP contribution in [0.4, 0.5) is 27.6 Å². The van der Waals surface area contributed by atoms with Gasteiger partial charge in [-0.1, -0.05) is 149 Å². The maximum Gasteiger partial charge on any atom is 0.414 e. The largest absolute Gasteiger partial charge is 0.443 e. The predicted octanol–water partition coefficient (Wildman–Crippen LogP) is 22.3. The summed E-state index contributed by atoms with van der Waals surface area (Å²) < 4.78 is 63.2. The van der Waals surface area contributed by atoms with Crippen molar-refractivity contribution in [3.8, 4) is 17.1 Å². The van der Waals surface area contributed by atoms with Gasteiger partial charge in [-0.15, -0.1) is 0 Å². The average molecular weight is 1840 g/mol. The molecule has 0 saturated carbocycles. The van der Waals surface area contributed by atoms with Crippen molar-refractivity contribution in [2.24, 2.45) is 0 Å². The summed E-state index contributed by atoms with van der Waals surface area (Å²) >= 11 is 38.5. The van der Waals surface area contributed by atoms with Gasteiger partial charge in [0, 0.05) is 70.7 Å². The second-order valence-electron chi connectivity index (χ2n) is 33.5. The molecule has 7 aromatic carbocycles. The minimum atomic E-state index is -0.759. The summed E-state index contributed by atoms with van der Waals surface area (Å²) in [6, 6.07) is 47.0. The molecule has 15 rings (SSSR count). The molecule has 0 spiro atoms. The van der Waals surface area contributed by atoms with Crippen LogP contribution in [0.1, 0.15) is 201 Å². The lowest BCUT2D eigenvalue weighted by molar-refractivity contribution is 0.0339. The van der Waals surface area contributed by atoms with Gasteiger partial charge in [0.15, 0.2) is 17.1 Å². The highest BCUT2D eigenvalue weighted by Gasteiger charge is 2.42. The molecule has 0 bridgehead atoms. The van der Waals surface area contributed by atoms with Crippen LogP contribution in [0, 0.1) is 17.5 Å². The molecule has 4 aliphatic rings. The Bertz CT molecular complexity index is 5790. The van der Waals surface area contributed by atoms with Crippen molar-refractivity contribution in [2.75, 3.05) is 32.7 Å². The molecule has 1 unspecified atom stereocenters. The number of aromatic nitrogens is 7. The summed E-state index contributed by atoms with van der Waals surface area (Å²) in [6.07, 6.45) is 9.33. The van der Waals surface area contributed by atoms with Gasteiger partial charge in [-0.25, -0.2) is 46.6 Å². The summed E-state index contributed by atoms with van der Waals surface area (Å²) in [7, 11) is 0. The lowest BCUT2D eigenvalue weighted by atomic mass is 9.98. The van der Waals surface area contributed by atoms with E-state index in [2.05, 4.69) is 21.0 Å². The third-order valence-corrected chi connectivity index (χ3v) is 22.1. The van der Waals surface area contributed by atoms with Crippen LogP contribution in [0.25, 0.3) is 52.4 Å². The van der Waals surface area contributed by atoms with Gasteiger partial charge in [0.05, 0.1) is 84.1 Å². The van der Waals surface area contributed by atoms with Crippen molar-refractivity contribution in [1.29, 1.82) is 0 Å². The molecule has 0 radical (unpaired) electrons. The number of hydrogen-bond donors (Lipinski definition) is 3. The summed E-state index contributed by atoms with van der Waals surface area (Å²) in [5, 5.41) is 24.5. The highest BCUT2D eigenvalue weighted by atomic mass is 35.5. The smallest absolute Gasteiger partial charge is 0.414 e. The second-order valence-corrected chi connectivity index (χ2v) is 36.0. The average Bonchev–Trinajstić information content (AvgIpc) is 1.61. The first-order chi connectivity index (χ1) is 60.3. The standard InChI is InChI=1S/C33H31Cl2FN4O3.C32H30Cl2FN5O3.C30H32Cl2FN5O3/c1-20(22-8-6-5-7-9-22)37-31(41)29-25-16-17-39(32(42)43-33(2,3)4)28(18-21-10-13-24(36)14-11-21)30(25)40(38-29)27-15-12-23(34)19-26(27)35;1-19(25-7-5-6-15-36-25)37-30(41)28-23-14-16-39(31(42)43-32(2,3)4)27(17-20-8-11-22(35)12-9-20)29(23)40(38-28)26-13-10-21(33)18-24(26)34;1-30(2,3)41-29(40)37-16-13-22-26(28(39)35-36-14-5-4-6-15-36)34-38(24-12-9-20(31)18-23(24)32)27(22)25(37)17-19-7-10-21(33)11-8-19/h5-15,18-20H,16-17H2,1-4H3,(H,37,41);5-13,15,17-19H,14,16H2,1-4H3,(H,37,41);7-12,17-18H,4-6,13-16H2,1-3H3,(H,35,39)/b28-18-;27-17-;25-17-/t20-;;/m1../s1. The summed E-state index contributed by atoms with van der Waals surface area (Å²) in [5.74, 6) is -2.28. The summed E-state index contributed by atoms with van der Waals surface area (Å²) in [5.41, 5.74) is 11.0. The monoisotopic (exact) mass is 1840 g/mol. The number of piperidine rings is 1. The number of benzene rings is 7. The van der Waals surface area contributed by atoms with Crippen LogP contribution >= 0.6 is 69.6 Å². The van der Waals surface area contributed by atoms with Crippen LogP contribution in [0.2, 0.25) is 30.1 Å². The van der Waals surface area contributed by atoms with E-state index in [9.17, 15) is 41.9 Å². The maximum absolute atomic E-state index is 13.8. The van der Waals surface area contributed by atoms with Gasteiger partial charge in [-0.2, -0.15) is 15.3 Å². The lowest BCUT2D eigenvalue weighted by Crippen LogP contribution is -2.45. The normalized spacial score (nSPS) is 15.5. The van der Waals surface area contributed by atoms with Gasteiger partial charge in [-0.05, 0) is 252 Å². The Morgan fingerprint density at radius 3 is 1.06 bits per heavy atom. The predicted molar refractivity (Wildman–Crippen MR) is 489 cm³/mol. The zero-order valence-corrected chi connectivity index (χ0v) is 76.0. The fraction of sp³-hybridized carbons (Fsp3) is 0.284. The van der Waals surface area contributed by atoms with Crippen molar-refractivity contribution < 1.29 is 56.1 Å². The van der Waals surface area contributed by atoms with Crippen LogP contribution < -0.4 is 16.1 Å². The Balaban J connectivity index is 0.000000163. The SMILES string of the molecule is CC(C)(C)OC(=O)N1CCc2c(C(=O)NN3CCCCC3)nn(-c3ccc(Cl)cc3Cl)c2/C1=C/c1ccc(F)cc1.CC(NC(=O)c1nn(-c2ccc(Cl)cc2Cl)c2c1CCN(C(=O)OC(C)(C)C)/C2=C\c1ccc(F)cc1)c1ccccn1.C[C@@H](NC(=O)c1nn(-c2ccc(Cl)cc2Cl)c2c1CCN(C(=O)OC(C)(C)C)/C2=C\c1ccc(F)cc1)c1ccccc1. The lowest BCUT2D eigenvalue weighted by Gasteiger charge is -2.33. The van der Waals surface area contributed by atoms with E-state index in [1.165, 1.54) is 51.1 Å². The number of nitrogens with one attached hydrogen (secondary N) is 3. The van der Waals surface area contributed by atoms with Crippen LogP contribution in [-0.2, 0) is 33.5 Å². The number of amides is 6. The van der Waals surface area contributed by atoms with Gasteiger partial charge in [0.2, 0.25) is 0 Å². The molecule has 32 heteroatoms. The van der Waals surface area contributed by atoms with Crippen LogP contribution in [0.3, 0.4) is 0 Å². The van der Waals surface area contributed by atoms with E-state index in [0.29, 0.717) is 140 Å². The number of fused-ring (bicyclic) bond motifs is 3. The minimum Gasteiger partial charge on any atom is -0.443 e. The molecule has 660 valence electrons. The highest BCUT2D eigenvalue weighted by molar-refractivity contribution is 6.37. The van der Waals surface area contributed by atoms with E-state index in [0.717, 1.165) is 37.9 Å². The molecule has 6 amide bonds. The first kappa shape index (κ1) is 92.9. The fourth-order valence-corrected chi connectivity index (χ4v) is 16.1. The quantitative estimate of drug-likeness (QED) is 0.0858. The molecule has 4 aliphatic heterocycles. The summed E-state index contributed by atoms with van der Waals surface area (Å²) in [6.45, 7) is 22.1. The van der Waals surface area contributed by atoms with E-state index in [4.69, 9.17) is 99.1 Å². The highest BCUT2D eigenvalue weighted by Crippen LogP contribution is 2.43. The van der Waals surface area contributed by atoms with E-state index >= 15 is 0 Å². The van der Waals surface area contributed by atoms with Gasteiger partial charge < -0.3 is 24.8 Å². The number of hydrazine groups is 1. The van der Waals surface area contributed by atoms with Gasteiger partial charge in [0.1, 0.15) is 34.3 Å². The van der Waals surface area contributed by atoms with Gasteiger partial charge in [0.25, 0.3) is 17.7 Å². The van der Waals surface area contributed by atoms with Crippen molar-refractivity contribution in [3.63, 3.8) is 0 Å². The molecular formula is C95H93Cl6F3N14O9. The summed E-state index contributed by atoms with van der Waals surface area (Å²) in [4.78, 5) is 90.6. The molecule has 3 N–H and O–H groups in total. The minimum absolute atomic E-state index is 0.178. The zero-order valence-electron chi connectivity index (χ0n) is 71.5. The molecule has 2 atom stereocenters. The van der Waals surface area contributed by atoms with Gasteiger partial charge in [-0.3, -0.25) is 39.5 Å². The molecule has 11 aromatic rings. The topological polar surface area (TPSA) is 246 Å². The van der Waals surface area contributed by atoms with Crippen molar-refractivity contribution >= 4 is 141 Å². The van der Waals surface area contributed by atoms with Crippen molar-refractivity contribution in [2.45, 2.75) is 144 Å². The molecular weight excluding hydrogens is 1750 g/mol. The Labute approximate surface area is 763 Å². The molecule has 0 aliphatic carbocycles. The van der Waals surface area contributed by atoms with Crippen LogP contribution in [0.15, 0.2) is 182 Å². The Morgan fingerprint density at radius 2 is 0.732 bits per heavy atom. The Hall–Kier alpha value is -11.8. The first-order valence-corrected chi connectivity index (χ1v) is 43.4. The number of carbonyl (C=O) groups is 6. The molecule has 1 saturated heterocycles. The molecule has 8 heterocycles. The third kappa shape index (κ3) is 22.8. The number of carbonyl (C=O) groups excluding carboxylic acids is 6. The third-order valence-electron chi connectivity index (χ3n) is 20.5. The molecule has 23 nitrogen and oxygen atoms in total. The number of nitrogens with zero attached hydrogens (tertiary/aromatic N) is 11. The van der Waals surface area contributed by atoms with Gasteiger partial charge >= 0.3 is 18.3 Å². The number of hydrogen-bond acceptors (Lipinski definition) is 14. The van der Waals surface area contributed by atoms with E-state index in [1.54, 1.807) is 198 Å². The number of pyridine rings is 1. The van der Waals surface area contributed by atoms with E-state index in [-0.39, 0.29) is 66.2 Å². The number of rotatable bonds is 14. The number of halogens is 9. The van der Waals surface area contributed by atoms with Crippen molar-refractivity contribution in [3.05, 3.63) is 309 Å². The van der Waals surface area contributed by atoms with E-state index in [1.807, 2.05) is 61.3 Å². The first-order valence-electron chi connectivity index (χ1n) is 41.1. The van der Waals surface area contributed by atoms with Crippen molar-refractivity contribution in [1.82, 2.24) is 70.1 Å². The fourth-order valence-electron chi connectivity index (χ4n) is 14.7. The van der Waals surface area contributed by atoms with Crippen LogP contribution in [0.5, 0.6) is 0 Å². The molecule has 4 aromatic heterocycles. The number of ether oxygens (including phenoxy) is 3. The zero-order chi connectivity index (χ0) is 91.1. The van der Waals surface area contributed by atoms with E-state index < -0.39 is 52.8 Å². The second kappa shape index (κ2) is 39.6. The Morgan fingerprint density at radius 1 is 0.402 bits per heavy atom. The van der Waals surface area contributed by atoms with Crippen LogP contribution in [-0.4, -0.2) is 140 Å². The maximum atomic E-state index is 13.8. The Kier molecular flexibility index (Phi) is 29.0. The molecule has 127 heavy (non-hydrogen) atoms. The molecule has 1 fully saturated rings.